The first-order valence-electron chi connectivity index (χ1n) is 6.59. The molecule has 0 fully saturated rings. The smallest absolute Gasteiger partial charge is 0.257 e. The van der Waals surface area contributed by atoms with Gasteiger partial charge in [-0.1, -0.05) is 13.8 Å². The first-order chi connectivity index (χ1) is 9.56. The summed E-state index contributed by atoms with van der Waals surface area (Å²) in [5.74, 6) is 1.25. The summed E-state index contributed by atoms with van der Waals surface area (Å²) in [7, 11) is 1.49. The van der Waals surface area contributed by atoms with Crippen LogP contribution in [0.2, 0.25) is 0 Å². The van der Waals surface area contributed by atoms with Gasteiger partial charge < -0.3 is 14.8 Å². The van der Waals surface area contributed by atoms with Crippen molar-refractivity contribution in [2.24, 2.45) is 5.92 Å². The summed E-state index contributed by atoms with van der Waals surface area (Å²) >= 11 is 0. The fourth-order valence-electron chi connectivity index (χ4n) is 1.57. The van der Waals surface area contributed by atoms with Crippen LogP contribution >= 0.6 is 0 Å². The van der Waals surface area contributed by atoms with E-state index in [1.165, 1.54) is 7.11 Å². The van der Waals surface area contributed by atoms with Crippen molar-refractivity contribution < 1.29 is 19.1 Å². The molecule has 0 radical (unpaired) electrons. The Bertz CT molecular complexity index is 457. The van der Waals surface area contributed by atoms with Crippen LogP contribution in [0.4, 0.5) is 0 Å². The SMILES string of the molecule is COc1cc(C=O)ccc1OCC(=O)NCCC(C)C. The van der Waals surface area contributed by atoms with E-state index in [2.05, 4.69) is 19.2 Å². The van der Waals surface area contributed by atoms with E-state index in [0.717, 1.165) is 12.7 Å². The minimum Gasteiger partial charge on any atom is -0.493 e. The van der Waals surface area contributed by atoms with Gasteiger partial charge in [0.25, 0.3) is 5.91 Å². The number of nitrogens with one attached hydrogen (secondary N) is 1. The Morgan fingerprint density at radius 2 is 2.10 bits per heavy atom. The monoisotopic (exact) mass is 279 g/mol. The summed E-state index contributed by atoms with van der Waals surface area (Å²) in [4.78, 5) is 22.3. The number of ether oxygens (including phenoxy) is 2. The van der Waals surface area contributed by atoms with E-state index in [4.69, 9.17) is 9.47 Å². The lowest BCUT2D eigenvalue weighted by molar-refractivity contribution is -0.123. The minimum atomic E-state index is -0.174. The van der Waals surface area contributed by atoms with Crippen LogP contribution in [0.15, 0.2) is 18.2 Å². The third-order valence-electron chi connectivity index (χ3n) is 2.73. The van der Waals surface area contributed by atoms with Gasteiger partial charge in [-0.05, 0) is 30.5 Å². The van der Waals surface area contributed by atoms with E-state index in [1.54, 1.807) is 18.2 Å². The van der Waals surface area contributed by atoms with E-state index in [1.807, 2.05) is 0 Å². The second-order valence-corrected chi connectivity index (χ2v) is 4.85. The Morgan fingerprint density at radius 3 is 2.70 bits per heavy atom. The van der Waals surface area contributed by atoms with Crippen LogP contribution in [0, 0.1) is 5.92 Å². The van der Waals surface area contributed by atoms with Crippen molar-refractivity contribution in [2.75, 3.05) is 20.3 Å². The molecular formula is C15H21NO4. The number of methoxy groups -OCH3 is 1. The molecule has 1 rings (SSSR count). The fraction of sp³-hybridized carbons (Fsp3) is 0.467. The zero-order valence-electron chi connectivity index (χ0n) is 12.1. The molecular weight excluding hydrogens is 258 g/mol. The summed E-state index contributed by atoms with van der Waals surface area (Å²) in [6.45, 7) is 4.76. The molecule has 0 aliphatic heterocycles. The Hall–Kier alpha value is -2.04. The molecule has 0 aliphatic carbocycles. The summed E-state index contributed by atoms with van der Waals surface area (Å²) in [5, 5.41) is 2.78. The molecule has 110 valence electrons. The van der Waals surface area contributed by atoms with Crippen LogP contribution in [-0.4, -0.2) is 32.5 Å². The second kappa shape index (κ2) is 8.19. The Balaban J connectivity index is 2.48. The van der Waals surface area contributed by atoms with Crippen LogP contribution in [0.25, 0.3) is 0 Å². The topological polar surface area (TPSA) is 64.6 Å². The maximum atomic E-state index is 11.6. The third-order valence-corrected chi connectivity index (χ3v) is 2.73. The zero-order valence-corrected chi connectivity index (χ0v) is 12.1. The summed E-state index contributed by atoms with van der Waals surface area (Å²) in [6, 6.07) is 4.80. The first-order valence-corrected chi connectivity index (χ1v) is 6.59. The highest BCUT2D eigenvalue weighted by Crippen LogP contribution is 2.27. The molecule has 0 bridgehead atoms. The molecule has 0 heterocycles. The molecule has 0 saturated carbocycles. The molecule has 1 aromatic rings. The number of aldehydes is 1. The largest absolute Gasteiger partial charge is 0.493 e. The van der Waals surface area contributed by atoms with E-state index >= 15 is 0 Å². The van der Waals surface area contributed by atoms with Crippen molar-refractivity contribution in [3.63, 3.8) is 0 Å². The molecule has 1 amide bonds. The number of carbonyl (C=O) groups excluding carboxylic acids is 2. The van der Waals surface area contributed by atoms with Crippen molar-refractivity contribution in [2.45, 2.75) is 20.3 Å². The van der Waals surface area contributed by atoms with E-state index in [-0.39, 0.29) is 12.5 Å². The third kappa shape index (κ3) is 5.30. The van der Waals surface area contributed by atoms with Crippen molar-refractivity contribution in [1.82, 2.24) is 5.32 Å². The number of carbonyl (C=O) groups is 2. The van der Waals surface area contributed by atoms with Gasteiger partial charge in [0.15, 0.2) is 18.1 Å². The van der Waals surface area contributed by atoms with Crippen LogP contribution in [0.1, 0.15) is 30.6 Å². The molecule has 0 aliphatic rings. The average molecular weight is 279 g/mol. The highest BCUT2D eigenvalue weighted by molar-refractivity contribution is 5.78. The molecule has 20 heavy (non-hydrogen) atoms. The lowest BCUT2D eigenvalue weighted by Crippen LogP contribution is -2.30. The summed E-state index contributed by atoms with van der Waals surface area (Å²) < 4.78 is 10.5. The van der Waals surface area contributed by atoms with Gasteiger partial charge in [0, 0.05) is 12.1 Å². The number of benzene rings is 1. The quantitative estimate of drug-likeness (QED) is 0.740. The van der Waals surface area contributed by atoms with Gasteiger partial charge >= 0.3 is 0 Å². The number of hydrogen-bond acceptors (Lipinski definition) is 4. The van der Waals surface area contributed by atoms with Crippen molar-refractivity contribution in [3.8, 4) is 11.5 Å². The molecule has 5 nitrogen and oxygen atoms in total. The zero-order chi connectivity index (χ0) is 15.0. The van der Waals surface area contributed by atoms with E-state index < -0.39 is 0 Å². The minimum absolute atomic E-state index is 0.0745. The van der Waals surface area contributed by atoms with Gasteiger partial charge in [0.2, 0.25) is 0 Å². The van der Waals surface area contributed by atoms with Gasteiger partial charge in [0.1, 0.15) is 6.29 Å². The van der Waals surface area contributed by atoms with Crippen LogP contribution < -0.4 is 14.8 Å². The summed E-state index contributed by atoms with van der Waals surface area (Å²) in [5.41, 5.74) is 0.496. The lowest BCUT2D eigenvalue weighted by atomic mass is 10.1. The van der Waals surface area contributed by atoms with Gasteiger partial charge in [-0.3, -0.25) is 9.59 Å². The standard InChI is InChI=1S/C15H21NO4/c1-11(2)6-7-16-15(18)10-20-13-5-4-12(9-17)8-14(13)19-3/h4-5,8-9,11H,6-7,10H2,1-3H3,(H,16,18). The van der Waals surface area contributed by atoms with Gasteiger partial charge in [0.05, 0.1) is 7.11 Å². The lowest BCUT2D eigenvalue weighted by Gasteiger charge is -2.11. The second-order valence-electron chi connectivity index (χ2n) is 4.85. The predicted octanol–water partition coefficient (Wildman–Crippen LogP) is 2.05. The molecule has 0 spiro atoms. The van der Waals surface area contributed by atoms with Crippen LogP contribution in [-0.2, 0) is 4.79 Å². The van der Waals surface area contributed by atoms with Crippen LogP contribution in [0.5, 0.6) is 11.5 Å². The van der Waals surface area contributed by atoms with Gasteiger partial charge in [-0.15, -0.1) is 0 Å². The Morgan fingerprint density at radius 1 is 1.35 bits per heavy atom. The predicted molar refractivity (Wildman–Crippen MR) is 76.3 cm³/mol. The van der Waals surface area contributed by atoms with Gasteiger partial charge in [-0.25, -0.2) is 0 Å². The Labute approximate surface area is 119 Å². The molecule has 1 aromatic carbocycles. The molecule has 1 N–H and O–H groups in total. The number of hydrogen-bond donors (Lipinski definition) is 1. The maximum absolute atomic E-state index is 11.6. The fourth-order valence-corrected chi connectivity index (χ4v) is 1.57. The number of amides is 1. The average Bonchev–Trinajstić information content (AvgIpc) is 2.44. The first kappa shape index (κ1) is 16.0. The Kier molecular flexibility index (Phi) is 6.56. The highest BCUT2D eigenvalue weighted by atomic mass is 16.5. The van der Waals surface area contributed by atoms with E-state index in [9.17, 15) is 9.59 Å². The molecule has 5 heteroatoms. The maximum Gasteiger partial charge on any atom is 0.257 e. The summed E-state index contributed by atoms with van der Waals surface area (Å²) in [6.07, 6.45) is 1.66. The van der Waals surface area contributed by atoms with Crippen molar-refractivity contribution >= 4 is 12.2 Å². The molecule has 0 aromatic heterocycles. The molecule has 0 atom stereocenters. The number of rotatable bonds is 8. The van der Waals surface area contributed by atoms with Gasteiger partial charge in [-0.2, -0.15) is 0 Å². The van der Waals surface area contributed by atoms with Crippen LogP contribution in [0.3, 0.4) is 0 Å². The van der Waals surface area contributed by atoms with E-state index in [0.29, 0.717) is 29.5 Å². The van der Waals surface area contributed by atoms with Crippen molar-refractivity contribution in [3.05, 3.63) is 23.8 Å². The molecule has 0 unspecified atom stereocenters. The van der Waals surface area contributed by atoms with Crippen molar-refractivity contribution in [1.29, 1.82) is 0 Å². The molecule has 0 saturated heterocycles. The highest BCUT2D eigenvalue weighted by Gasteiger charge is 2.08. The normalized spacial score (nSPS) is 10.2.